The molecule has 0 amide bonds. The molecular formula is C21H32BrFO2. The molecule has 1 unspecified atom stereocenters. The zero-order chi connectivity index (χ0) is 18.0. The second kappa shape index (κ2) is 6.29. The van der Waals surface area contributed by atoms with Crippen molar-refractivity contribution in [2.24, 2.45) is 40.9 Å². The Kier molecular flexibility index (Phi) is 4.63. The van der Waals surface area contributed by atoms with Gasteiger partial charge in [0.15, 0.2) is 0 Å². The minimum atomic E-state index is -0.772. The third kappa shape index (κ3) is 2.85. The second-order valence-corrected chi connectivity index (χ2v) is 10.6. The van der Waals surface area contributed by atoms with E-state index >= 15 is 4.39 Å². The number of ketones is 1. The minimum Gasteiger partial charge on any atom is -0.390 e. The highest BCUT2D eigenvalue weighted by Gasteiger charge is 2.60. The van der Waals surface area contributed by atoms with Crippen molar-refractivity contribution in [2.45, 2.75) is 77.0 Å². The van der Waals surface area contributed by atoms with Gasteiger partial charge in [-0.3, -0.25) is 4.79 Å². The SMILES string of the molecule is C[C@@]1(O)CCC2[C@H]3CC[C@]4(C)[C@@H](C(=O)CBr)CC[C@H]4[C@@H]3C[C@@H](F)[C@@H]2C1. The van der Waals surface area contributed by atoms with Crippen molar-refractivity contribution in [1.29, 1.82) is 0 Å². The maximum atomic E-state index is 15.2. The van der Waals surface area contributed by atoms with E-state index in [9.17, 15) is 9.90 Å². The average Bonchev–Trinajstić information content (AvgIpc) is 2.91. The van der Waals surface area contributed by atoms with Crippen LogP contribution < -0.4 is 0 Å². The predicted molar refractivity (Wildman–Crippen MR) is 100 cm³/mol. The monoisotopic (exact) mass is 414 g/mol. The van der Waals surface area contributed by atoms with Gasteiger partial charge in [0.05, 0.1) is 10.9 Å². The van der Waals surface area contributed by atoms with Crippen LogP contribution in [0.4, 0.5) is 4.39 Å². The molecule has 2 nitrogen and oxygen atoms in total. The van der Waals surface area contributed by atoms with Crippen molar-refractivity contribution in [1.82, 2.24) is 0 Å². The summed E-state index contributed by atoms with van der Waals surface area (Å²) in [5.74, 6) is 2.60. The Bertz CT molecular complexity index is 550. The highest BCUT2D eigenvalue weighted by molar-refractivity contribution is 9.09. The quantitative estimate of drug-likeness (QED) is 0.651. The Hall–Kier alpha value is 0.0400. The first-order chi connectivity index (χ1) is 11.8. The van der Waals surface area contributed by atoms with Crippen molar-refractivity contribution in [3.05, 3.63) is 0 Å². The number of halogens is 2. The molecule has 0 saturated heterocycles. The summed E-state index contributed by atoms with van der Waals surface area (Å²) in [5.41, 5.74) is -0.596. The van der Waals surface area contributed by atoms with Crippen LogP contribution in [0.5, 0.6) is 0 Å². The van der Waals surface area contributed by atoms with Crippen LogP contribution in [0.2, 0.25) is 0 Å². The summed E-state index contributed by atoms with van der Waals surface area (Å²) in [4.78, 5) is 12.4. The molecule has 4 aliphatic carbocycles. The van der Waals surface area contributed by atoms with Gasteiger partial charge in [-0.05, 0) is 93.3 Å². The van der Waals surface area contributed by atoms with Gasteiger partial charge in [-0.1, -0.05) is 22.9 Å². The van der Waals surface area contributed by atoms with Gasteiger partial charge in [0.25, 0.3) is 0 Å². The lowest BCUT2D eigenvalue weighted by molar-refractivity contribution is -0.137. The summed E-state index contributed by atoms with van der Waals surface area (Å²) in [5, 5.41) is 10.9. The van der Waals surface area contributed by atoms with E-state index in [1.807, 2.05) is 6.92 Å². The number of carbonyl (C=O) groups is 1. The maximum absolute atomic E-state index is 15.2. The fourth-order valence-corrected chi connectivity index (χ4v) is 8.02. The predicted octanol–water partition coefficient (Wildman–Crippen LogP) is 4.92. The summed E-state index contributed by atoms with van der Waals surface area (Å²) in [6, 6.07) is 0. The summed E-state index contributed by atoms with van der Waals surface area (Å²) < 4.78 is 15.2. The van der Waals surface area contributed by atoms with E-state index in [4.69, 9.17) is 0 Å². The molecule has 4 saturated carbocycles. The van der Waals surface area contributed by atoms with Crippen LogP contribution in [-0.2, 0) is 4.79 Å². The molecule has 0 radical (unpaired) electrons. The lowest BCUT2D eigenvalue weighted by Crippen LogP contribution is -2.54. The number of hydrogen-bond acceptors (Lipinski definition) is 2. The van der Waals surface area contributed by atoms with Crippen LogP contribution in [-0.4, -0.2) is 28.0 Å². The van der Waals surface area contributed by atoms with Crippen LogP contribution in [0.25, 0.3) is 0 Å². The molecule has 142 valence electrons. The van der Waals surface area contributed by atoms with Crippen molar-refractivity contribution in [3.63, 3.8) is 0 Å². The molecule has 4 aliphatic rings. The molecule has 0 aliphatic heterocycles. The van der Waals surface area contributed by atoms with E-state index in [1.54, 1.807) is 0 Å². The molecule has 25 heavy (non-hydrogen) atoms. The zero-order valence-electron chi connectivity index (χ0n) is 15.5. The van der Waals surface area contributed by atoms with Gasteiger partial charge in [-0.15, -0.1) is 0 Å². The fraction of sp³-hybridized carbons (Fsp3) is 0.952. The fourth-order valence-electron chi connectivity index (χ4n) is 7.62. The molecule has 4 fully saturated rings. The third-order valence-corrected chi connectivity index (χ3v) is 9.32. The van der Waals surface area contributed by atoms with Gasteiger partial charge in [0.2, 0.25) is 0 Å². The summed E-state index contributed by atoms with van der Waals surface area (Å²) in [7, 11) is 0. The average molecular weight is 415 g/mol. The van der Waals surface area contributed by atoms with Gasteiger partial charge in [-0.2, -0.15) is 0 Å². The molecule has 0 aromatic carbocycles. The lowest BCUT2D eigenvalue weighted by atomic mass is 9.48. The molecule has 0 spiro atoms. The molecule has 4 rings (SSSR count). The van der Waals surface area contributed by atoms with Crippen molar-refractivity contribution >= 4 is 21.7 Å². The first-order valence-electron chi connectivity index (χ1n) is 10.2. The Morgan fingerprint density at radius 2 is 1.76 bits per heavy atom. The Labute approximate surface area is 159 Å². The number of aliphatic hydroxyl groups is 1. The molecule has 0 aromatic rings. The summed E-state index contributed by atoms with van der Waals surface area (Å²) in [6.07, 6.45) is 6.69. The van der Waals surface area contributed by atoms with Crippen LogP contribution in [0.15, 0.2) is 0 Å². The van der Waals surface area contributed by atoms with E-state index < -0.39 is 11.8 Å². The normalized spacial score (nSPS) is 55.2. The Morgan fingerprint density at radius 3 is 2.48 bits per heavy atom. The van der Waals surface area contributed by atoms with Gasteiger partial charge < -0.3 is 5.11 Å². The smallest absolute Gasteiger partial charge is 0.147 e. The highest BCUT2D eigenvalue weighted by Crippen LogP contribution is 2.65. The van der Waals surface area contributed by atoms with Crippen LogP contribution in [0.3, 0.4) is 0 Å². The third-order valence-electron chi connectivity index (χ3n) is 8.77. The van der Waals surface area contributed by atoms with Crippen LogP contribution >= 0.6 is 15.9 Å². The second-order valence-electron chi connectivity index (χ2n) is 10.0. The molecular weight excluding hydrogens is 383 g/mol. The van der Waals surface area contributed by atoms with Crippen molar-refractivity contribution in [3.8, 4) is 0 Å². The summed E-state index contributed by atoms with van der Waals surface area (Å²) >= 11 is 3.37. The van der Waals surface area contributed by atoms with Gasteiger partial charge in [0.1, 0.15) is 12.0 Å². The Morgan fingerprint density at radius 1 is 1.08 bits per heavy atom. The van der Waals surface area contributed by atoms with Gasteiger partial charge >= 0.3 is 0 Å². The zero-order valence-corrected chi connectivity index (χ0v) is 17.1. The van der Waals surface area contributed by atoms with E-state index in [-0.39, 0.29) is 17.3 Å². The topological polar surface area (TPSA) is 37.3 Å². The number of rotatable bonds is 2. The largest absolute Gasteiger partial charge is 0.390 e. The highest BCUT2D eigenvalue weighted by atomic mass is 79.9. The number of fused-ring (bicyclic) bond motifs is 5. The molecule has 0 heterocycles. The number of alkyl halides is 2. The lowest BCUT2D eigenvalue weighted by Gasteiger charge is -2.57. The molecule has 9 atom stereocenters. The van der Waals surface area contributed by atoms with E-state index in [2.05, 4.69) is 22.9 Å². The van der Waals surface area contributed by atoms with Crippen molar-refractivity contribution < 1.29 is 14.3 Å². The van der Waals surface area contributed by atoms with Gasteiger partial charge in [0, 0.05) is 5.92 Å². The molecule has 1 N–H and O–H groups in total. The van der Waals surface area contributed by atoms with Crippen molar-refractivity contribution in [2.75, 3.05) is 5.33 Å². The summed E-state index contributed by atoms with van der Waals surface area (Å²) in [6.45, 7) is 4.20. The standard InChI is InChI=1S/C21H32BrFO2/c1-20(25)7-5-13-12-6-8-21(2)16(3-4-17(21)19(24)11-22)14(12)9-18(23)15(13)10-20/h12-18,25H,3-11H2,1-2H3/t12-,13?,14-,15-,16+,17-,18-,20-,21+/m1/s1. The van der Waals surface area contributed by atoms with Crippen LogP contribution in [0.1, 0.15) is 65.2 Å². The Balaban J connectivity index is 1.58. The molecule has 0 bridgehead atoms. The van der Waals surface area contributed by atoms with E-state index in [1.165, 1.54) is 0 Å². The van der Waals surface area contributed by atoms with Crippen LogP contribution in [0, 0.1) is 40.9 Å². The van der Waals surface area contributed by atoms with Gasteiger partial charge in [-0.25, -0.2) is 4.39 Å². The number of carbonyl (C=O) groups excluding carboxylic acids is 1. The first-order valence-corrected chi connectivity index (χ1v) is 11.3. The van der Waals surface area contributed by atoms with E-state index in [0.717, 1.165) is 38.5 Å². The van der Waals surface area contributed by atoms with E-state index in [0.29, 0.717) is 47.6 Å². The first kappa shape index (κ1) is 18.4. The molecule has 4 heteroatoms. The number of hydrogen-bond donors (Lipinski definition) is 1. The minimum absolute atomic E-state index is 0.0516. The number of Topliss-reactive ketones (excluding diaryl/α,β-unsaturated/α-hetero) is 1. The molecule has 0 aromatic heterocycles. The maximum Gasteiger partial charge on any atom is 0.147 e.